The highest BCUT2D eigenvalue weighted by atomic mass is 32.1. The van der Waals surface area contributed by atoms with Crippen molar-refractivity contribution in [3.63, 3.8) is 0 Å². The molecule has 0 aliphatic rings. The van der Waals surface area contributed by atoms with Crippen molar-refractivity contribution in [1.82, 2.24) is 5.32 Å². The summed E-state index contributed by atoms with van der Waals surface area (Å²) in [7, 11) is 0. The predicted octanol–water partition coefficient (Wildman–Crippen LogP) is 1.98. The smallest absolute Gasteiger partial charge is 0.237 e. The van der Waals surface area contributed by atoms with Crippen molar-refractivity contribution < 1.29 is 4.79 Å². The van der Waals surface area contributed by atoms with Gasteiger partial charge in [0.05, 0.1) is 6.04 Å². The number of thiophene rings is 1. The molecule has 2 aromatic rings. The first-order chi connectivity index (χ1) is 9.25. The van der Waals surface area contributed by atoms with Gasteiger partial charge >= 0.3 is 0 Å². The van der Waals surface area contributed by atoms with Crippen LogP contribution in [-0.2, 0) is 17.6 Å². The van der Waals surface area contributed by atoms with Crippen molar-refractivity contribution in [3.8, 4) is 0 Å². The van der Waals surface area contributed by atoms with Gasteiger partial charge in [0.25, 0.3) is 0 Å². The Morgan fingerprint density at radius 2 is 2.00 bits per heavy atom. The van der Waals surface area contributed by atoms with Crippen LogP contribution in [0.25, 0.3) is 0 Å². The third kappa shape index (κ3) is 4.50. The highest BCUT2D eigenvalue weighted by molar-refractivity contribution is 7.09. The van der Waals surface area contributed by atoms with Crippen LogP contribution in [0, 0.1) is 0 Å². The molecular weight excluding hydrogens is 256 g/mol. The summed E-state index contributed by atoms with van der Waals surface area (Å²) in [4.78, 5) is 13.1. The van der Waals surface area contributed by atoms with E-state index in [0.29, 0.717) is 13.0 Å². The third-order valence-corrected chi connectivity index (χ3v) is 3.82. The van der Waals surface area contributed by atoms with Crippen LogP contribution in [0.15, 0.2) is 47.8 Å². The van der Waals surface area contributed by atoms with E-state index in [0.717, 1.165) is 12.0 Å². The van der Waals surface area contributed by atoms with Gasteiger partial charge in [-0.05, 0) is 29.9 Å². The number of amides is 1. The summed E-state index contributed by atoms with van der Waals surface area (Å²) in [5.74, 6) is -0.0830. The molecule has 0 spiro atoms. The van der Waals surface area contributed by atoms with E-state index in [9.17, 15) is 4.79 Å². The molecule has 2 rings (SSSR count). The fourth-order valence-electron chi connectivity index (χ4n) is 1.86. The number of hydrogen-bond acceptors (Lipinski definition) is 3. The van der Waals surface area contributed by atoms with Gasteiger partial charge in [-0.3, -0.25) is 4.79 Å². The lowest BCUT2D eigenvalue weighted by molar-refractivity contribution is -0.122. The molecule has 19 heavy (non-hydrogen) atoms. The quantitative estimate of drug-likeness (QED) is 0.846. The largest absolute Gasteiger partial charge is 0.354 e. The zero-order valence-corrected chi connectivity index (χ0v) is 11.5. The summed E-state index contributed by atoms with van der Waals surface area (Å²) in [6, 6.07) is 13.4. The van der Waals surface area contributed by atoms with Crippen molar-refractivity contribution in [2.75, 3.05) is 6.54 Å². The molecule has 0 bridgehead atoms. The monoisotopic (exact) mass is 274 g/mol. The minimum atomic E-state index is -0.481. The number of carbonyl (C=O) groups is 1. The molecular formula is C15H18N2OS. The Balaban J connectivity index is 1.73. The summed E-state index contributed by atoms with van der Waals surface area (Å²) in [5, 5.41) is 4.92. The third-order valence-electron chi connectivity index (χ3n) is 2.89. The molecule has 100 valence electrons. The number of hydrogen-bond donors (Lipinski definition) is 2. The first-order valence-electron chi connectivity index (χ1n) is 6.35. The van der Waals surface area contributed by atoms with E-state index in [-0.39, 0.29) is 5.91 Å². The van der Waals surface area contributed by atoms with Crippen molar-refractivity contribution in [1.29, 1.82) is 0 Å². The normalized spacial score (nSPS) is 12.1. The highest BCUT2D eigenvalue weighted by Crippen LogP contribution is 2.08. The average Bonchev–Trinajstić information content (AvgIpc) is 2.93. The molecule has 1 aromatic heterocycles. The zero-order chi connectivity index (χ0) is 13.5. The van der Waals surface area contributed by atoms with E-state index in [1.165, 1.54) is 4.88 Å². The summed E-state index contributed by atoms with van der Waals surface area (Å²) in [6.45, 7) is 0.641. The molecule has 3 N–H and O–H groups in total. The summed E-state index contributed by atoms with van der Waals surface area (Å²) in [5.41, 5.74) is 6.99. The summed E-state index contributed by atoms with van der Waals surface area (Å²) >= 11 is 1.70. The van der Waals surface area contributed by atoms with Gasteiger partial charge < -0.3 is 11.1 Å². The lowest BCUT2D eigenvalue weighted by Crippen LogP contribution is -2.42. The summed E-state index contributed by atoms with van der Waals surface area (Å²) < 4.78 is 0. The Labute approximate surface area is 117 Å². The molecule has 1 atom stereocenters. The van der Waals surface area contributed by atoms with Crippen molar-refractivity contribution in [2.45, 2.75) is 18.9 Å². The molecule has 1 aromatic carbocycles. The lowest BCUT2D eigenvalue weighted by atomic mass is 10.1. The van der Waals surface area contributed by atoms with Crippen LogP contribution in [0.1, 0.15) is 10.4 Å². The fourth-order valence-corrected chi connectivity index (χ4v) is 2.56. The van der Waals surface area contributed by atoms with Gasteiger partial charge in [0.1, 0.15) is 0 Å². The molecule has 0 unspecified atom stereocenters. The predicted molar refractivity (Wildman–Crippen MR) is 79.2 cm³/mol. The van der Waals surface area contributed by atoms with Crippen LogP contribution >= 0.6 is 11.3 Å². The standard InChI is InChI=1S/C15H18N2OS/c16-14(11-12-5-2-1-3-6-12)15(18)17-9-8-13-7-4-10-19-13/h1-7,10,14H,8-9,11,16H2,(H,17,18)/t14-/m1/s1. The minimum absolute atomic E-state index is 0.0830. The van der Waals surface area contributed by atoms with E-state index in [1.807, 2.05) is 41.8 Å². The van der Waals surface area contributed by atoms with Crippen molar-refractivity contribution >= 4 is 17.2 Å². The van der Waals surface area contributed by atoms with Crippen LogP contribution in [0.4, 0.5) is 0 Å². The Bertz CT molecular complexity index is 496. The molecule has 1 amide bonds. The first kappa shape index (κ1) is 13.8. The van der Waals surface area contributed by atoms with Gasteiger partial charge in [0.15, 0.2) is 0 Å². The van der Waals surface area contributed by atoms with E-state index < -0.39 is 6.04 Å². The molecule has 3 nitrogen and oxygen atoms in total. The fraction of sp³-hybridized carbons (Fsp3) is 0.267. The summed E-state index contributed by atoms with van der Waals surface area (Å²) in [6.07, 6.45) is 1.44. The zero-order valence-electron chi connectivity index (χ0n) is 10.7. The molecule has 0 aliphatic heterocycles. The average molecular weight is 274 g/mol. The molecule has 0 fully saturated rings. The van der Waals surface area contributed by atoms with Gasteiger partial charge in [0.2, 0.25) is 5.91 Å². The van der Waals surface area contributed by atoms with Gasteiger partial charge in [-0.2, -0.15) is 0 Å². The molecule has 4 heteroatoms. The van der Waals surface area contributed by atoms with Crippen LogP contribution in [0.3, 0.4) is 0 Å². The van der Waals surface area contributed by atoms with E-state index in [4.69, 9.17) is 5.73 Å². The number of benzene rings is 1. The van der Waals surface area contributed by atoms with Gasteiger partial charge in [-0.25, -0.2) is 0 Å². The number of nitrogens with one attached hydrogen (secondary N) is 1. The SMILES string of the molecule is N[C@H](Cc1ccccc1)C(=O)NCCc1cccs1. The molecule has 1 heterocycles. The minimum Gasteiger partial charge on any atom is -0.354 e. The first-order valence-corrected chi connectivity index (χ1v) is 7.23. The van der Waals surface area contributed by atoms with Crippen molar-refractivity contribution in [3.05, 3.63) is 58.3 Å². The van der Waals surface area contributed by atoms with Gasteiger partial charge in [-0.1, -0.05) is 36.4 Å². The number of nitrogens with two attached hydrogens (primary N) is 1. The van der Waals surface area contributed by atoms with E-state index >= 15 is 0 Å². The Kier molecular flexibility index (Phi) is 5.12. The highest BCUT2D eigenvalue weighted by Gasteiger charge is 2.13. The maximum atomic E-state index is 11.8. The van der Waals surface area contributed by atoms with Crippen LogP contribution in [0.5, 0.6) is 0 Å². The molecule has 0 saturated heterocycles. The second-order valence-corrected chi connectivity index (χ2v) is 5.45. The lowest BCUT2D eigenvalue weighted by Gasteiger charge is -2.12. The number of rotatable bonds is 6. The van der Waals surface area contributed by atoms with Crippen LogP contribution in [0.2, 0.25) is 0 Å². The Hall–Kier alpha value is -1.65. The molecule has 0 radical (unpaired) electrons. The second kappa shape index (κ2) is 7.07. The van der Waals surface area contributed by atoms with Crippen LogP contribution < -0.4 is 11.1 Å². The van der Waals surface area contributed by atoms with Crippen LogP contribution in [-0.4, -0.2) is 18.5 Å². The Morgan fingerprint density at radius 3 is 2.68 bits per heavy atom. The van der Waals surface area contributed by atoms with E-state index in [2.05, 4.69) is 11.4 Å². The molecule has 0 saturated carbocycles. The topological polar surface area (TPSA) is 55.1 Å². The maximum Gasteiger partial charge on any atom is 0.237 e. The Morgan fingerprint density at radius 1 is 1.21 bits per heavy atom. The van der Waals surface area contributed by atoms with Gasteiger partial charge in [0, 0.05) is 11.4 Å². The maximum absolute atomic E-state index is 11.8. The second-order valence-electron chi connectivity index (χ2n) is 4.42. The van der Waals surface area contributed by atoms with Crippen molar-refractivity contribution in [2.24, 2.45) is 5.73 Å². The van der Waals surface area contributed by atoms with Gasteiger partial charge in [-0.15, -0.1) is 11.3 Å². The molecule has 0 aliphatic carbocycles. The van der Waals surface area contributed by atoms with E-state index in [1.54, 1.807) is 11.3 Å². The number of carbonyl (C=O) groups excluding carboxylic acids is 1.